The van der Waals surface area contributed by atoms with Crippen molar-refractivity contribution < 1.29 is 9.18 Å². The number of nitrogens with zero attached hydrogens (tertiary/aromatic N) is 1. The van der Waals surface area contributed by atoms with Gasteiger partial charge in [0.2, 0.25) is 5.91 Å². The number of halogens is 1. The lowest BCUT2D eigenvalue weighted by molar-refractivity contribution is -0.131. The molecule has 2 rings (SSSR count). The van der Waals surface area contributed by atoms with Gasteiger partial charge in [-0.25, -0.2) is 4.39 Å². The van der Waals surface area contributed by atoms with E-state index in [9.17, 15) is 9.18 Å². The van der Waals surface area contributed by atoms with Crippen molar-refractivity contribution in [2.75, 3.05) is 0 Å². The molecule has 5 heteroatoms. The maximum absolute atomic E-state index is 12.9. The van der Waals surface area contributed by atoms with Gasteiger partial charge in [0.05, 0.1) is 6.04 Å². The lowest BCUT2D eigenvalue weighted by Crippen LogP contribution is -2.59. The molecule has 0 bridgehead atoms. The van der Waals surface area contributed by atoms with E-state index in [1.165, 1.54) is 12.1 Å². The van der Waals surface area contributed by atoms with E-state index in [1.807, 2.05) is 20.8 Å². The van der Waals surface area contributed by atoms with E-state index >= 15 is 0 Å². The lowest BCUT2D eigenvalue weighted by Gasteiger charge is -2.41. The first-order chi connectivity index (χ1) is 8.80. The summed E-state index contributed by atoms with van der Waals surface area (Å²) in [4.78, 5) is 13.8. The smallest absolute Gasteiger partial charge is 0.231 e. The van der Waals surface area contributed by atoms with Gasteiger partial charge in [-0.2, -0.15) is 0 Å². The normalized spacial score (nSPS) is 20.1. The zero-order valence-corrected chi connectivity index (χ0v) is 12.1. The van der Waals surface area contributed by atoms with Crippen LogP contribution in [-0.4, -0.2) is 21.5 Å². The molecule has 1 N–H and O–H groups in total. The van der Waals surface area contributed by atoms with Crippen molar-refractivity contribution in [1.82, 2.24) is 10.2 Å². The summed E-state index contributed by atoms with van der Waals surface area (Å²) < 4.78 is 12.9. The van der Waals surface area contributed by atoms with Crippen molar-refractivity contribution in [2.45, 2.75) is 38.8 Å². The number of thiocarbonyl (C=S) groups is 1. The Morgan fingerprint density at radius 3 is 2.47 bits per heavy atom. The predicted molar refractivity (Wildman–Crippen MR) is 76.1 cm³/mol. The minimum atomic E-state index is -0.312. The van der Waals surface area contributed by atoms with Crippen LogP contribution in [0.5, 0.6) is 0 Å². The molecule has 1 heterocycles. The molecule has 1 unspecified atom stereocenters. The molecule has 1 saturated heterocycles. The molecule has 19 heavy (non-hydrogen) atoms. The van der Waals surface area contributed by atoms with Crippen LogP contribution in [0, 0.1) is 5.82 Å². The van der Waals surface area contributed by atoms with Gasteiger partial charge in [0.15, 0.2) is 5.11 Å². The highest BCUT2D eigenvalue weighted by atomic mass is 32.1. The zero-order valence-electron chi connectivity index (χ0n) is 11.2. The van der Waals surface area contributed by atoms with Gasteiger partial charge >= 0.3 is 0 Å². The SMILES string of the molecule is CC(c1ccc(F)cc1)N1C(=O)CC(C)(C)NC1=S. The van der Waals surface area contributed by atoms with Crippen LogP contribution < -0.4 is 5.32 Å². The third-order valence-electron chi connectivity index (χ3n) is 3.27. The number of benzene rings is 1. The Kier molecular flexibility index (Phi) is 3.58. The van der Waals surface area contributed by atoms with Gasteiger partial charge in [-0.15, -0.1) is 0 Å². The van der Waals surface area contributed by atoms with Gasteiger partial charge in [0, 0.05) is 12.0 Å². The highest BCUT2D eigenvalue weighted by Gasteiger charge is 2.37. The molecule has 1 amide bonds. The molecule has 0 spiro atoms. The maximum Gasteiger partial charge on any atom is 0.231 e. The van der Waals surface area contributed by atoms with Crippen molar-refractivity contribution in [1.29, 1.82) is 0 Å². The molecular weight excluding hydrogens is 263 g/mol. The number of hydrogen-bond acceptors (Lipinski definition) is 2. The molecule has 1 aliphatic rings. The molecule has 1 aliphatic heterocycles. The molecule has 3 nitrogen and oxygen atoms in total. The average Bonchev–Trinajstić information content (AvgIpc) is 2.26. The van der Waals surface area contributed by atoms with Gasteiger partial charge in [-0.1, -0.05) is 12.1 Å². The molecule has 0 saturated carbocycles. The van der Waals surface area contributed by atoms with E-state index in [-0.39, 0.29) is 23.3 Å². The van der Waals surface area contributed by atoms with Gasteiger partial charge in [0.1, 0.15) is 5.82 Å². The van der Waals surface area contributed by atoms with Crippen LogP contribution in [0.4, 0.5) is 4.39 Å². The van der Waals surface area contributed by atoms with Gasteiger partial charge in [-0.3, -0.25) is 9.69 Å². The molecule has 1 aromatic rings. The minimum Gasteiger partial charge on any atom is -0.357 e. The van der Waals surface area contributed by atoms with E-state index in [0.29, 0.717) is 11.5 Å². The van der Waals surface area contributed by atoms with Gasteiger partial charge in [0.25, 0.3) is 0 Å². The van der Waals surface area contributed by atoms with Crippen LogP contribution in [0.1, 0.15) is 38.8 Å². The number of nitrogens with one attached hydrogen (secondary N) is 1. The van der Waals surface area contributed by atoms with Crippen LogP contribution in [0.15, 0.2) is 24.3 Å². The standard InChI is InChI=1S/C14H17FN2OS/c1-9(10-4-6-11(15)7-5-10)17-12(18)8-14(2,3)16-13(17)19/h4-7,9H,8H2,1-3H3,(H,16,19). The van der Waals surface area contributed by atoms with E-state index < -0.39 is 0 Å². The second-order valence-electron chi connectivity index (χ2n) is 5.48. The Labute approximate surface area is 117 Å². The van der Waals surface area contributed by atoms with Crippen molar-refractivity contribution in [3.8, 4) is 0 Å². The highest BCUT2D eigenvalue weighted by molar-refractivity contribution is 7.80. The number of carbonyl (C=O) groups is 1. The summed E-state index contributed by atoms with van der Waals surface area (Å²) in [6, 6.07) is 5.93. The third kappa shape index (κ3) is 2.92. The van der Waals surface area contributed by atoms with Crippen molar-refractivity contribution in [2.24, 2.45) is 0 Å². The highest BCUT2D eigenvalue weighted by Crippen LogP contribution is 2.27. The summed E-state index contributed by atoms with van der Waals surface area (Å²) in [6.45, 7) is 5.77. The topological polar surface area (TPSA) is 32.3 Å². The molecule has 1 aromatic carbocycles. The first kappa shape index (κ1) is 13.9. The van der Waals surface area contributed by atoms with Crippen LogP contribution in [0.3, 0.4) is 0 Å². The van der Waals surface area contributed by atoms with Crippen LogP contribution in [0.2, 0.25) is 0 Å². The fourth-order valence-corrected chi connectivity index (χ4v) is 2.79. The minimum absolute atomic E-state index is 0.00873. The lowest BCUT2D eigenvalue weighted by atomic mass is 9.96. The molecule has 0 aliphatic carbocycles. The summed E-state index contributed by atoms with van der Waals surface area (Å²) in [7, 11) is 0. The number of carbonyl (C=O) groups excluding carboxylic acids is 1. The summed E-state index contributed by atoms with van der Waals surface area (Å²) in [5.41, 5.74) is 0.548. The molecule has 1 fully saturated rings. The maximum atomic E-state index is 12.9. The first-order valence-electron chi connectivity index (χ1n) is 6.20. The summed E-state index contributed by atoms with van der Waals surface area (Å²) in [5.74, 6) is -0.298. The predicted octanol–water partition coefficient (Wildman–Crippen LogP) is 2.77. The molecular formula is C14H17FN2OS. The Balaban J connectivity index is 2.24. The Morgan fingerprint density at radius 2 is 1.95 bits per heavy atom. The first-order valence-corrected chi connectivity index (χ1v) is 6.61. The second-order valence-corrected chi connectivity index (χ2v) is 5.87. The van der Waals surface area contributed by atoms with Gasteiger partial charge < -0.3 is 5.32 Å². The van der Waals surface area contributed by atoms with E-state index in [1.54, 1.807) is 17.0 Å². The Hall–Kier alpha value is -1.49. The van der Waals surface area contributed by atoms with Crippen molar-refractivity contribution >= 4 is 23.2 Å². The molecule has 0 radical (unpaired) electrons. The number of hydrogen-bond donors (Lipinski definition) is 1. The fourth-order valence-electron chi connectivity index (χ4n) is 2.25. The summed E-state index contributed by atoms with van der Waals surface area (Å²) in [6.07, 6.45) is 0.388. The molecule has 102 valence electrons. The van der Waals surface area contributed by atoms with E-state index in [0.717, 1.165) is 5.56 Å². The summed E-state index contributed by atoms with van der Waals surface area (Å²) >= 11 is 5.28. The Morgan fingerprint density at radius 1 is 1.37 bits per heavy atom. The van der Waals surface area contributed by atoms with E-state index in [2.05, 4.69) is 5.32 Å². The second kappa shape index (κ2) is 4.89. The largest absolute Gasteiger partial charge is 0.357 e. The molecule has 0 aromatic heterocycles. The number of amides is 1. The zero-order chi connectivity index (χ0) is 14.2. The third-order valence-corrected chi connectivity index (χ3v) is 3.56. The fraction of sp³-hybridized carbons (Fsp3) is 0.429. The average molecular weight is 280 g/mol. The van der Waals surface area contributed by atoms with Crippen LogP contribution in [0.25, 0.3) is 0 Å². The quantitative estimate of drug-likeness (QED) is 0.846. The van der Waals surface area contributed by atoms with Crippen molar-refractivity contribution in [3.63, 3.8) is 0 Å². The molecule has 1 atom stereocenters. The Bertz CT molecular complexity index is 493. The van der Waals surface area contributed by atoms with E-state index in [4.69, 9.17) is 12.2 Å². The summed E-state index contributed by atoms with van der Waals surface area (Å²) in [5, 5.41) is 3.59. The number of rotatable bonds is 2. The van der Waals surface area contributed by atoms with Crippen LogP contribution >= 0.6 is 12.2 Å². The van der Waals surface area contributed by atoms with Crippen LogP contribution in [-0.2, 0) is 4.79 Å². The monoisotopic (exact) mass is 280 g/mol. The van der Waals surface area contributed by atoms with Crippen molar-refractivity contribution in [3.05, 3.63) is 35.6 Å². The van der Waals surface area contributed by atoms with Gasteiger partial charge in [-0.05, 0) is 50.7 Å².